The van der Waals surface area contributed by atoms with Gasteiger partial charge in [-0.05, 0) is 20.1 Å². The molecule has 6 nitrogen and oxygen atoms in total. The van der Waals surface area contributed by atoms with Gasteiger partial charge in [-0.25, -0.2) is 9.97 Å². The van der Waals surface area contributed by atoms with E-state index in [1.54, 1.807) is 18.0 Å². The summed E-state index contributed by atoms with van der Waals surface area (Å²) in [7, 11) is 1.95. The Morgan fingerprint density at radius 3 is 2.90 bits per heavy atom. The molecule has 21 heavy (non-hydrogen) atoms. The molecule has 0 saturated carbocycles. The number of aryl methyl sites for hydroxylation is 1. The Morgan fingerprint density at radius 1 is 1.52 bits per heavy atom. The van der Waals surface area contributed by atoms with Crippen LogP contribution in [-0.4, -0.2) is 33.2 Å². The molecule has 0 fully saturated rings. The third kappa shape index (κ3) is 3.56. The van der Waals surface area contributed by atoms with E-state index in [4.69, 9.17) is 0 Å². The summed E-state index contributed by atoms with van der Waals surface area (Å²) in [6.07, 6.45) is 3.77. The molecule has 0 bridgehead atoms. The van der Waals surface area contributed by atoms with Crippen LogP contribution in [0.3, 0.4) is 0 Å². The highest BCUT2D eigenvalue weighted by atomic mass is 32.2. The van der Waals surface area contributed by atoms with Crippen LogP contribution in [0.4, 0.5) is 5.13 Å². The van der Waals surface area contributed by atoms with Gasteiger partial charge in [0.2, 0.25) is 0 Å². The molecule has 2 aromatic rings. The SMILES string of the molecule is CCNc1nc(C)c(C(=O)NCc2cnc(SC)n2C)s1. The largest absolute Gasteiger partial charge is 0.362 e. The van der Waals surface area contributed by atoms with E-state index in [9.17, 15) is 4.79 Å². The van der Waals surface area contributed by atoms with Crippen molar-refractivity contribution in [1.29, 1.82) is 0 Å². The zero-order valence-electron chi connectivity index (χ0n) is 12.6. The molecule has 0 aliphatic carbocycles. The smallest absolute Gasteiger partial charge is 0.263 e. The van der Waals surface area contributed by atoms with Crippen LogP contribution in [0.5, 0.6) is 0 Å². The lowest BCUT2D eigenvalue weighted by atomic mass is 10.3. The van der Waals surface area contributed by atoms with Gasteiger partial charge in [0.25, 0.3) is 5.91 Å². The molecule has 2 aromatic heterocycles. The summed E-state index contributed by atoms with van der Waals surface area (Å²) in [5.41, 5.74) is 1.73. The Kier molecular flexibility index (Phi) is 5.24. The topological polar surface area (TPSA) is 71.8 Å². The Morgan fingerprint density at radius 2 is 2.29 bits per heavy atom. The Hall–Kier alpha value is -1.54. The minimum absolute atomic E-state index is 0.0962. The number of thioether (sulfide) groups is 1. The Balaban J connectivity index is 2.02. The maximum Gasteiger partial charge on any atom is 0.263 e. The number of amides is 1. The first kappa shape index (κ1) is 15.8. The number of rotatable bonds is 6. The van der Waals surface area contributed by atoms with Crippen LogP contribution in [0.2, 0.25) is 0 Å². The van der Waals surface area contributed by atoms with Crippen molar-refractivity contribution in [2.24, 2.45) is 7.05 Å². The number of nitrogens with one attached hydrogen (secondary N) is 2. The summed E-state index contributed by atoms with van der Waals surface area (Å²) >= 11 is 2.96. The lowest BCUT2D eigenvalue weighted by molar-refractivity contribution is 0.0953. The first-order valence-corrected chi connectivity index (χ1v) is 8.65. The second-order valence-corrected chi connectivity index (χ2v) is 6.21. The van der Waals surface area contributed by atoms with Crippen molar-refractivity contribution in [3.8, 4) is 0 Å². The van der Waals surface area contributed by atoms with Gasteiger partial charge in [0.05, 0.1) is 24.1 Å². The number of thiazole rings is 1. The van der Waals surface area contributed by atoms with E-state index in [2.05, 4.69) is 20.6 Å². The van der Waals surface area contributed by atoms with Gasteiger partial charge in [-0.2, -0.15) is 0 Å². The zero-order chi connectivity index (χ0) is 15.4. The number of aromatic nitrogens is 3. The van der Waals surface area contributed by atoms with Gasteiger partial charge in [-0.1, -0.05) is 23.1 Å². The van der Waals surface area contributed by atoms with Gasteiger partial charge < -0.3 is 15.2 Å². The molecule has 0 aliphatic rings. The van der Waals surface area contributed by atoms with Crippen LogP contribution in [-0.2, 0) is 13.6 Å². The van der Waals surface area contributed by atoms with Crippen molar-refractivity contribution in [1.82, 2.24) is 19.9 Å². The predicted molar refractivity (Wildman–Crippen MR) is 87.2 cm³/mol. The standard InChI is InChI=1S/C13H19N5OS2/c1-5-14-12-17-8(2)10(21-12)11(19)15-6-9-7-16-13(20-4)18(9)3/h7H,5-6H2,1-4H3,(H,14,17)(H,15,19). The first-order valence-electron chi connectivity index (χ1n) is 6.60. The second-order valence-electron chi connectivity index (χ2n) is 4.44. The minimum atomic E-state index is -0.0962. The molecule has 2 N–H and O–H groups in total. The Bertz CT molecular complexity index is 635. The molecule has 0 aromatic carbocycles. The van der Waals surface area contributed by atoms with Crippen LogP contribution in [0, 0.1) is 6.92 Å². The van der Waals surface area contributed by atoms with Crippen LogP contribution in [0.1, 0.15) is 28.0 Å². The molecule has 8 heteroatoms. The lowest BCUT2D eigenvalue weighted by Crippen LogP contribution is -2.23. The molecule has 2 heterocycles. The van der Waals surface area contributed by atoms with Crippen LogP contribution < -0.4 is 10.6 Å². The normalized spacial score (nSPS) is 10.7. The fourth-order valence-electron chi connectivity index (χ4n) is 1.86. The molecule has 0 atom stereocenters. The van der Waals surface area contributed by atoms with Gasteiger partial charge in [-0.15, -0.1) is 0 Å². The van der Waals surface area contributed by atoms with Gasteiger partial charge in [0.15, 0.2) is 10.3 Å². The molecule has 114 valence electrons. The zero-order valence-corrected chi connectivity index (χ0v) is 14.2. The minimum Gasteiger partial charge on any atom is -0.362 e. The van der Waals surface area contributed by atoms with Crippen molar-refractivity contribution < 1.29 is 4.79 Å². The summed E-state index contributed by atoms with van der Waals surface area (Å²) in [6.45, 7) is 5.10. The van der Waals surface area contributed by atoms with E-state index in [1.807, 2.05) is 31.7 Å². The molecule has 1 amide bonds. The van der Waals surface area contributed by atoms with Crippen molar-refractivity contribution >= 4 is 34.1 Å². The van der Waals surface area contributed by atoms with Crippen molar-refractivity contribution in [3.05, 3.63) is 22.5 Å². The summed E-state index contributed by atoms with van der Waals surface area (Å²) in [5.74, 6) is -0.0962. The summed E-state index contributed by atoms with van der Waals surface area (Å²) < 4.78 is 1.98. The predicted octanol–water partition coefficient (Wildman–Crippen LogP) is 2.27. The number of anilines is 1. The summed E-state index contributed by atoms with van der Waals surface area (Å²) in [6, 6.07) is 0. The van der Waals surface area contributed by atoms with E-state index >= 15 is 0 Å². The molecule has 0 spiro atoms. The lowest BCUT2D eigenvalue weighted by Gasteiger charge is -2.06. The number of imidazole rings is 1. The summed E-state index contributed by atoms with van der Waals surface area (Å²) in [5, 5.41) is 7.77. The average molecular weight is 325 g/mol. The molecular formula is C13H19N5OS2. The monoisotopic (exact) mass is 325 g/mol. The molecule has 0 aliphatic heterocycles. The highest BCUT2D eigenvalue weighted by Crippen LogP contribution is 2.22. The third-order valence-electron chi connectivity index (χ3n) is 2.99. The van der Waals surface area contributed by atoms with Crippen molar-refractivity contribution in [3.63, 3.8) is 0 Å². The number of carbonyl (C=O) groups excluding carboxylic acids is 1. The number of nitrogens with zero attached hydrogens (tertiary/aromatic N) is 3. The molecule has 0 radical (unpaired) electrons. The number of hydrogen-bond donors (Lipinski definition) is 2. The number of carbonyl (C=O) groups is 1. The molecular weight excluding hydrogens is 306 g/mol. The third-order valence-corrected chi connectivity index (χ3v) is 4.84. The van der Waals surface area contributed by atoms with E-state index in [0.29, 0.717) is 11.4 Å². The maximum absolute atomic E-state index is 12.2. The van der Waals surface area contributed by atoms with E-state index in [0.717, 1.165) is 28.2 Å². The van der Waals surface area contributed by atoms with Crippen LogP contribution in [0.15, 0.2) is 11.4 Å². The quantitative estimate of drug-likeness (QED) is 0.797. The second kappa shape index (κ2) is 6.95. The Labute approximate surface area is 132 Å². The van der Waals surface area contributed by atoms with Gasteiger partial charge in [0, 0.05) is 13.6 Å². The van der Waals surface area contributed by atoms with Crippen LogP contribution in [0.25, 0.3) is 0 Å². The summed E-state index contributed by atoms with van der Waals surface area (Å²) in [4.78, 5) is 21.5. The fraction of sp³-hybridized carbons (Fsp3) is 0.462. The van der Waals surface area contributed by atoms with Gasteiger partial charge in [-0.3, -0.25) is 4.79 Å². The van der Waals surface area contributed by atoms with Gasteiger partial charge in [0.1, 0.15) is 4.88 Å². The average Bonchev–Trinajstić information content (AvgIpc) is 3.00. The highest BCUT2D eigenvalue weighted by Gasteiger charge is 2.15. The van der Waals surface area contributed by atoms with E-state index < -0.39 is 0 Å². The maximum atomic E-state index is 12.2. The first-order chi connectivity index (χ1) is 10.1. The van der Waals surface area contributed by atoms with E-state index in [-0.39, 0.29) is 5.91 Å². The fourth-order valence-corrected chi connectivity index (χ4v) is 3.36. The molecule has 0 unspecified atom stereocenters. The highest BCUT2D eigenvalue weighted by molar-refractivity contribution is 7.98. The van der Waals surface area contributed by atoms with Crippen LogP contribution >= 0.6 is 23.1 Å². The van der Waals surface area contributed by atoms with Crippen molar-refractivity contribution in [2.45, 2.75) is 25.5 Å². The van der Waals surface area contributed by atoms with Crippen molar-refractivity contribution in [2.75, 3.05) is 18.1 Å². The van der Waals surface area contributed by atoms with Gasteiger partial charge >= 0.3 is 0 Å². The molecule has 2 rings (SSSR count). The van der Waals surface area contributed by atoms with E-state index in [1.165, 1.54) is 11.3 Å². The number of hydrogen-bond acceptors (Lipinski definition) is 6. The molecule has 0 saturated heterocycles.